The second-order valence-corrected chi connectivity index (χ2v) is 4.79. The van der Waals surface area contributed by atoms with Crippen molar-refractivity contribution in [1.29, 1.82) is 0 Å². The van der Waals surface area contributed by atoms with Gasteiger partial charge in [-0.2, -0.15) is 0 Å². The Labute approximate surface area is 128 Å². The first kappa shape index (κ1) is 15.1. The number of carbonyl (C=O) groups is 1. The van der Waals surface area contributed by atoms with Gasteiger partial charge in [-0.15, -0.1) is 0 Å². The maximum Gasteiger partial charge on any atom is 0.411 e. The van der Waals surface area contributed by atoms with Gasteiger partial charge in [-0.3, -0.25) is 5.32 Å². The fourth-order valence-electron chi connectivity index (χ4n) is 1.73. The molecule has 110 valence electrons. The van der Waals surface area contributed by atoms with Gasteiger partial charge in [0.1, 0.15) is 5.82 Å². The van der Waals surface area contributed by atoms with Gasteiger partial charge >= 0.3 is 6.09 Å². The van der Waals surface area contributed by atoms with E-state index in [-0.39, 0.29) is 0 Å². The normalized spacial score (nSPS) is 10.0. The first-order valence-corrected chi connectivity index (χ1v) is 6.84. The molecule has 1 heterocycles. The van der Waals surface area contributed by atoms with Crippen LogP contribution >= 0.6 is 11.6 Å². The van der Waals surface area contributed by atoms with Crippen molar-refractivity contribution in [3.63, 3.8) is 0 Å². The van der Waals surface area contributed by atoms with Crippen LogP contribution in [0.4, 0.5) is 16.3 Å². The SMILES string of the molecule is COC(=O)Nc1ccc(NCCc2ccc(Cl)cc2)nc1. The summed E-state index contributed by atoms with van der Waals surface area (Å²) in [5.74, 6) is 0.749. The number of anilines is 2. The summed E-state index contributed by atoms with van der Waals surface area (Å²) in [5.41, 5.74) is 1.79. The molecule has 0 aliphatic carbocycles. The van der Waals surface area contributed by atoms with Gasteiger partial charge in [0.15, 0.2) is 0 Å². The van der Waals surface area contributed by atoms with Gasteiger partial charge in [-0.1, -0.05) is 23.7 Å². The summed E-state index contributed by atoms with van der Waals surface area (Å²) < 4.78 is 4.50. The average Bonchev–Trinajstić information content (AvgIpc) is 2.51. The molecule has 0 unspecified atom stereocenters. The second kappa shape index (κ2) is 7.50. The highest BCUT2D eigenvalue weighted by atomic mass is 35.5. The lowest BCUT2D eigenvalue weighted by atomic mass is 10.1. The van der Waals surface area contributed by atoms with Crippen LogP contribution in [0.3, 0.4) is 0 Å². The third-order valence-electron chi connectivity index (χ3n) is 2.83. The molecule has 6 heteroatoms. The molecule has 2 aromatic rings. The van der Waals surface area contributed by atoms with Crippen molar-refractivity contribution in [2.24, 2.45) is 0 Å². The fraction of sp³-hybridized carbons (Fsp3) is 0.200. The number of nitrogens with one attached hydrogen (secondary N) is 2. The van der Waals surface area contributed by atoms with Gasteiger partial charge in [0.25, 0.3) is 0 Å². The van der Waals surface area contributed by atoms with Gasteiger partial charge < -0.3 is 10.1 Å². The van der Waals surface area contributed by atoms with E-state index in [4.69, 9.17) is 11.6 Å². The standard InChI is InChI=1S/C15H16ClN3O2/c1-21-15(20)19-13-6-7-14(18-10-13)17-9-8-11-2-4-12(16)5-3-11/h2-7,10H,8-9H2,1H3,(H,17,18)(H,19,20). The Hall–Kier alpha value is -2.27. The lowest BCUT2D eigenvalue weighted by Crippen LogP contribution is -2.11. The summed E-state index contributed by atoms with van der Waals surface area (Å²) >= 11 is 5.84. The van der Waals surface area contributed by atoms with Crippen LogP contribution in [0.2, 0.25) is 5.02 Å². The van der Waals surface area contributed by atoms with Gasteiger partial charge in [-0.25, -0.2) is 9.78 Å². The van der Waals surface area contributed by atoms with Crippen LogP contribution in [-0.2, 0) is 11.2 Å². The van der Waals surface area contributed by atoms with Crippen molar-refractivity contribution < 1.29 is 9.53 Å². The molecule has 0 saturated heterocycles. The van der Waals surface area contributed by atoms with Crippen LogP contribution in [0.1, 0.15) is 5.56 Å². The summed E-state index contributed by atoms with van der Waals surface area (Å²) in [6.07, 6.45) is 1.93. The number of aromatic nitrogens is 1. The van der Waals surface area contributed by atoms with Crippen LogP contribution in [0.5, 0.6) is 0 Å². The Morgan fingerprint density at radius 3 is 2.62 bits per heavy atom. The van der Waals surface area contributed by atoms with Crippen LogP contribution < -0.4 is 10.6 Å². The van der Waals surface area contributed by atoms with Gasteiger partial charge in [0, 0.05) is 11.6 Å². The van der Waals surface area contributed by atoms with Crippen molar-refractivity contribution in [2.75, 3.05) is 24.3 Å². The maximum atomic E-state index is 11.0. The number of nitrogens with zero attached hydrogens (tertiary/aromatic N) is 1. The maximum absolute atomic E-state index is 11.0. The second-order valence-electron chi connectivity index (χ2n) is 4.35. The molecule has 1 aromatic carbocycles. The van der Waals surface area contributed by atoms with Crippen molar-refractivity contribution in [3.8, 4) is 0 Å². The molecule has 0 fully saturated rings. The van der Waals surface area contributed by atoms with Crippen LogP contribution in [0.15, 0.2) is 42.6 Å². The van der Waals surface area contributed by atoms with E-state index in [1.54, 1.807) is 18.3 Å². The predicted octanol–water partition coefficient (Wildman–Crippen LogP) is 3.57. The van der Waals surface area contributed by atoms with Gasteiger partial charge in [0.2, 0.25) is 0 Å². The molecule has 0 bridgehead atoms. The summed E-state index contributed by atoms with van der Waals surface area (Å²) in [5, 5.41) is 6.49. The van der Waals surface area contributed by atoms with Crippen LogP contribution in [-0.4, -0.2) is 24.7 Å². The highest BCUT2D eigenvalue weighted by Crippen LogP contribution is 2.12. The monoisotopic (exact) mass is 305 g/mol. The Bertz CT molecular complexity index is 585. The number of pyridine rings is 1. The minimum atomic E-state index is -0.514. The Kier molecular flexibility index (Phi) is 5.40. The van der Waals surface area contributed by atoms with Crippen molar-refractivity contribution in [2.45, 2.75) is 6.42 Å². The number of benzene rings is 1. The zero-order chi connectivity index (χ0) is 15.1. The molecule has 0 spiro atoms. The minimum Gasteiger partial charge on any atom is -0.453 e. The molecular formula is C15H16ClN3O2. The summed E-state index contributed by atoms with van der Waals surface area (Å²) in [6.45, 7) is 0.762. The largest absolute Gasteiger partial charge is 0.453 e. The first-order valence-electron chi connectivity index (χ1n) is 6.47. The van der Waals surface area contributed by atoms with E-state index >= 15 is 0 Å². The molecule has 0 atom stereocenters. The van der Waals surface area contributed by atoms with E-state index in [9.17, 15) is 4.79 Å². The number of hydrogen-bond acceptors (Lipinski definition) is 4. The molecule has 1 aromatic heterocycles. The Morgan fingerprint density at radius 1 is 1.24 bits per heavy atom. The van der Waals surface area contributed by atoms with E-state index in [0.29, 0.717) is 5.69 Å². The fourth-order valence-corrected chi connectivity index (χ4v) is 1.85. The molecular weight excluding hydrogens is 290 g/mol. The van der Waals surface area contributed by atoms with Gasteiger partial charge in [0.05, 0.1) is 19.0 Å². The lowest BCUT2D eigenvalue weighted by Gasteiger charge is -2.07. The molecule has 21 heavy (non-hydrogen) atoms. The minimum absolute atomic E-state index is 0.514. The first-order chi connectivity index (χ1) is 10.2. The molecule has 2 N–H and O–H groups in total. The number of rotatable bonds is 5. The van der Waals surface area contributed by atoms with E-state index in [0.717, 1.165) is 23.8 Å². The number of hydrogen-bond donors (Lipinski definition) is 2. The summed E-state index contributed by atoms with van der Waals surface area (Å²) in [4.78, 5) is 15.2. The van der Waals surface area contributed by atoms with Gasteiger partial charge in [-0.05, 0) is 36.2 Å². The van der Waals surface area contributed by atoms with E-state index < -0.39 is 6.09 Å². The quantitative estimate of drug-likeness (QED) is 0.886. The number of methoxy groups -OCH3 is 1. The van der Waals surface area contributed by atoms with Crippen molar-refractivity contribution in [3.05, 3.63) is 53.2 Å². The van der Waals surface area contributed by atoms with Crippen molar-refractivity contribution in [1.82, 2.24) is 4.98 Å². The third kappa shape index (κ3) is 4.96. The van der Waals surface area contributed by atoms with E-state index in [2.05, 4.69) is 20.4 Å². The molecule has 0 aliphatic rings. The number of carbonyl (C=O) groups excluding carboxylic acids is 1. The number of halogens is 1. The zero-order valence-electron chi connectivity index (χ0n) is 11.6. The highest BCUT2D eigenvalue weighted by Gasteiger charge is 2.01. The smallest absolute Gasteiger partial charge is 0.411 e. The molecule has 2 rings (SSSR count). The zero-order valence-corrected chi connectivity index (χ0v) is 12.4. The molecule has 0 radical (unpaired) electrons. The number of amides is 1. The Balaban J connectivity index is 1.80. The molecule has 1 amide bonds. The Morgan fingerprint density at radius 2 is 2.00 bits per heavy atom. The third-order valence-corrected chi connectivity index (χ3v) is 3.08. The van der Waals surface area contributed by atoms with E-state index in [1.807, 2.05) is 24.3 Å². The predicted molar refractivity (Wildman–Crippen MR) is 83.9 cm³/mol. The summed E-state index contributed by atoms with van der Waals surface area (Å²) in [7, 11) is 1.31. The van der Waals surface area contributed by atoms with Crippen LogP contribution in [0, 0.1) is 0 Å². The molecule has 0 saturated carbocycles. The summed E-state index contributed by atoms with van der Waals surface area (Å²) in [6, 6.07) is 11.3. The van der Waals surface area contributed by atoms with E-state index in [1.165, 1.54) is 12.7 Å². The lowest BCUT2D eigenvalue weighted by molar-refractivity contribution is 0.187. The molecule has 0 aliphatic heterocycles. The number of ether oxygens (including phenoxy) is 1. The highest BCUT2D eigenvalue weighted by molar-refractivity contribution is 6.30. The van der Waals surface area contributed by atoms with Crippen LogP contribution in [0.25, 0.3) is 0 Å². The topological polar surface area (TPSA) is 63.2 Å². The van der Waals surface area contributed by atoms with Crippen molar-refractivity contribution >= 4 is 29.2 Å². The molecule has 5 nitrogen and oxygen atoms in total. The average molecular weight is 306 g/mol.